The number of anilines is 1. The maximum Gasteiger partial charge on any atom is 0.261 e. The zero-order valence-electron chi connectivity index (χ0n) is 20.7. The molecule has 2 aromatic carbocycles. The molecule has 4 heterocycles. The third-order valence-corrected chi connectivity index (χ3v) is 5.51. The van der Waals surface area contributed by atoms with Gasteiger partial charge in [0.05, 0.1) is 25.1 Å². The van der Waals surface area contributed by atoms with E-state index < -0.39 is 37.9 Å². The highest BCUT2D eigenvalue weighted by Gasteiger charge is 2.35. The van der Waals surface area contributed by atoms with Crippen LogP contribution in [0.15, 0.2) is 54.7 Å². The number of carbonyl (C=O) groups excluding carboxylic acids is 2. The van der Waals surface area contributed by atoms with E-state index in [2.05, 4.69) is 25.6 Å². The second kappa shape index (κ2) is 7.28. The van der Waals surface area contributed by atoms with Crippen LogP contribution < -0.4 is 15.5 Å². The van der Waals surface area contributed by atoms with Crippen molar-refractivity contribution in [2.45, 2.75) is 0 Å². The summed E-state index contributed by atoms with van der Waals surface area (Å²) in [5.74, 6) is -1.23. The summed E-state index contributed by atoms with van der Waals surface area (Å²) in [6.45, 7) is -4.84. The predicted molar refractivity (Wildman–Crippen MR) is 123 cm³/mol. The summed E-state index contributed by atoms with van der Waals surface area (Å²) in [6.07, 6.45) is 1.67. The summed E-state index contributed by atoms with van der Waals surface area (Å²) in [6, 6.07) is 14.4. The summed E-state index contributed by atoms with van der Waals surface area (Å²) < 4.78 is 33.1. The van der Waals surface area contributed by atoms with Gasteiger partial charge in [-0.25, -0.2) is 9.97 Å². The Labute approximate surface area is 189 Å². The van der Waals surface area contributed by atoms with Crippen molar-refractivity contribution in [3.63, 3.8) is 0 Å². The summed E-state index contributed by atoms with van der Waals surface area (Å²) in [5, 5.41) is 6.24. The normalized spacial score (nSPS) is 27.9. The van der Waals surface area contributed by atoms with Crippen LogP contribution in [0.4, 0.5) is 5.95 Å². The molecule has 0 aliphatic carbocycles. The van der Waals surface area contributed by atoms with Crippen molar-refractivity contribution in [3.05, 3.63) is 66.0 Å². The van der Waals surface area contributed by atoms with E-state index in [9.17, 15) is 9.59 Å². The number of carbonyl (C=O) groups is 2. The Kier molecular flexibility index (Phi) is 3.38. The Morgan fingerprint density at radius 1 is 0.875 bits per heavy atom. The Balaban J connectivity index is 1.63. The first-order chi connectivity index (χ1) is 17.3. The van der Waals surface area contributed by atoms with E-state index in [0.717, 1.165) is 10.9 Å². The van der Waals surface area contributed by atoms with Crippen LogP contribution >= 0.6 is 0 Å². The molecule has 1 saturated heterocycles. The van der Waals surface area contributed by atoms with Crippen LogP contribution in [0.5, 0.6) is 0 Å². The zero-order chi connectivity index (χ0) is 25.1. The quantitative estimate of drug-likeness (QED) is 0.432. The van der Waals surface area contributed by atoms with E-state index in [0.29, 0.717) is 16.5 Å². The predicted octanol–water partition coefficient (Wildman–Crippen LogP) is 2.09. The Bertz CT molecular complexity index is 1570. The molecule has 158 valence electrons. The standard InChI is InChI=1S/C24H20N6O2/c31-22-19(16-13-26-17-7-3-1-5-14(16)17)20(23(32)29-22)21-15-6-2-4-8-18(15)27-24(28-21)30-11-9-25-10-12-30/h1-8,13,25-26H,9-12H2,(H,29,31,32)/i9D,10D,11D,12D. The SMILES string of the molecule is [2H]C1NC([2H])C([2H])N(c2nc(C3=C(c4c[nH]c5ccccc45)C(=O)NC3=O)c3ccccc3n2)C1[2H]. The maximum absolute atomic E-state index is 13.2. The molecule has 2 aliphatic heterocycles. The fraction of sp³-hybridized carbons (Fsp3) is 0.167. The molecule has 4 aromatic rings. The van der Waals surface area contributed by atoms with Crippen molar-refractivity contribution in [1.82, 2.24) is 25.6 Å². The number of nitrogens with one attached hydrogen (secondary N) is 3. The van der Waals surface area contributed by atoms with Gasteiger partial charge in [-0.2, -0.15) is 0 Å². The number of nitrogens with zero attached hydrogens (tertiary/aromatic N) is 3. The van der Waals surface area contributed by atoms with Gasteiger partial charge in [-0.3, -0.25) is 14.9 Å². The number of rotatable bonds is 3. The third kappa shape index (κ3) is 2.88. The number of fused-ring (bicyclic) bond motifs is 2. The smallest absolute Gasteiger partial charge is 0.261 e. The fourth-order valence-corrected chi connectivity index (χ4v) is 4.07. The molecule has 8 heteroatoms. The number of hydrogen-bond donors (Lipinski definition) is 3. The number of amides is 2. The molecule has 3 N–H and O–H groups in total. The molecular weight excluding hydrogens is 404 g/mol. The monoisotopic (exact) mass is 428 g/mol. The molecule has 0 bridgehead atoms. The van der Waals surface area contributed by atoms with E-state index in [1.165, 1.54) is 4.90 Å². The van der Waals surface area contributed by atoms with Crippen molar-refractivity contribution < 1.29 is 15.1 Å². The van der Waals surface area contributed by atoms with Gasteiger partial charge in [-0.05, 0) is 12.1 Å². The van der Waals surface area contributed by atoms with Crippen molar-refractivity contribution in [2.75, 3.05) is 31.0 Å². The maximum atomic E-state index is 13.2. The van der Waals surface area contributed by atoms with E-state index in [-0.39, 0.29) is 22.8 Å². The van der Waals surface area contributed by atoms with Crippen LogP contribution in [0.2, 0.25) is 0 Å². The molecule has 2 amide bonds. The third-order valence-electron chi connectivity index (χ3n) is 5.51. The fourth-order valence-electron chi connectivity index (χ4n) is 4.07. The summed E-state index contributed by atoms with van der Waals surface area (Å²) >= 11 is 0. The second-order valence-corrected chi connectivity index (χ2v) is 7.38. The highest BCUT2D eigenvalue weighted by atomic mass is 16.2. The lowest BCUT2D eigenvalue weighted by Gasteiger charge is -2.28. The lowest BCUT2D eigenvalue weighted by molar-refractivity contribution is -0.122. The minimum Gasteiger partial charge on any atom is -0.361 e. The number of aromatic amines is 1. The van der Waals surface area contributed by atoms with Gasteiger partial charge in [-0.15, -0.1) is 0 Å². The van der Waals surface area contributed by atoms with E-state index in [1.54, 1.807) is 30.5 Å². The Hall–Kier alpha value is -4.04. The van der Waals surface area contributed by atoms with Crippen LogP contribution in [0.25, 0.3) is 33.0 Å². The molecular formula is C24H20N6O2. The van der Waals surface area contributed by atoms with Crippen molar-refractivity contribution in [1.29, 1.82) is 0 Å². The number of piperazine rings is 1. The topological polar surface area (TPSA) is 103 Å². The van der Waals surface area contributed by atoms with E-state index in [1.807, 2.05) is 24.3 Å². The van der Waals surface area contributed by atoms with Gasteiger partial charge in [0.15, 0.2) is 0 Å². The number of aromatic nitrogens is 3. The van der Waals surface area contributed by atoms with E-state index >= 15 is 0 Å². The van der Waals surface area contributed by atoms with Gasteiger partial charge < -0.3 is 15.2 Å². The van der Waals surface area contributed by atoms with Crippen molar-refractivity contribution in [2.24, 2.45) is 0 Å². The lowest BCUT2D eigenvalue weighted by Crippen LogP contribution is -2.44. The number of hydrogen-bond acceptors (Lipinski definition) is 6. The number of benzene rings is 2. The van der Waals surface area contributed by atoms with Crippen LogP contribution in [-0.4, -0.2) is 52.8 Å². The largest absolute Gasteiger partial charge is 0.361 e. The van der Waals surface area contributed by atoms with Gasteiger partial charge in [-0.1, -0.05) is 36.4 Å². The molecule has 0 spiro atoms. The lowest BCUT2D eigenvalue weighted by atomic mass is 9.97. The first-order valence-electron chi connectivity index (χ1n) is 12.3. The average Bonchev–Trinajstić information content (AvgIpc) is 3.41. The minimum absolute atomic E-state index is 0.0578. The molecule has 8 nitrogen and oxygen atoms in total. The molecule has 0 saturated carbocycles. The van der Waals surface area contributed by atoms with Gasteiger partial charge in [0, 0.05) is 56.9 Å². The van der Waals surface area contributed by atoms with Crippen LogP contribution in [0, 0.1) is 0 Å². The van der Waals surface area contributed by atoms with Crippen LogP contribution in [-0.2, 0) is 9.59 Å². The Morgan fingerprint density at radius 3 is 2.44 bits per heavy atom. The molecule has 2 aromatic heterocycles. The van der Waals surface area contributed by atoms with Gasteiger partial charge in [0.25, 0.3) is 11.8 Å². The van der Waals surface area contributed by atoms with Crippen molar-refractivity contribution in [3.8, 4) is 0 Å². The van der Waals surface area contributed by atoms with Gasteiger partial charge >= 0.3 is 0 Å². The summed E-state index contributed by atoms with van der Waals surface area (Å²) in [4.78, 5) is 39.7. The molecule has 2 aliphatic rings. The van der Waals surface area contributed by atoms with Crippen LogP contribution in [0.3, 0.4) is 0 Å². The van der Waals surface area contributed by atoms with Crippen LogP contribution in [0.1, 0.15) is 16.7 Å². The summed E-state index contributed by atoms with van der Waals surface area (Å²) in [5.41, 5.74) is 2.20. The number of imide groups is 1. The van der Waals surface area contributed by atoms with Gasteiger partial charge in [0.1, 0.15) is 0 Å². The zero-order valence-corrected chi connectivity index (χ0v) is 16.7. The van der Waals surface area contributed by atoms with Crippen molar-refractivity contribution >= 4 is 50.7 Å². The highest BCUT2D eigenvalue weighted by molar-refractivity contribution is 6.50. The van der Waals surface area contributed by atoms with E-state index in [4.69, 9.17) is 5.48 Å². The van der Waals surface area contributed by atoms with Gasteiger partial charge in [0.2, 0.25) is 5.95 Å². The molecule has 32 heavy (non-hydrogen) atoms. The highest BCUT2D eigenvalue weighted by Crippen LogP contribution is 2.37. The molecule has 1 fully saturated rings. The first kappa shape index (κ1) is 14.9. The minimum atomic E-state index is -1.26. The average molecular weight is 428 g/mol. The molecule has 0 radical (unpaired) electrons. The Morgan fingerprint density at radius 2 is 1.59 bits per heavy atom. The number of para-hydroxylation sites is 2. The molecule has 4 atom stereocenters. The number of H-pyrrole nitrogens is 1. The summed E-state index contributed by atoms with van der Waals surface area (Å²) in [7, 11) is 0. The second-order valence-electron chi connectivity index (χ2n) is 7.38. The molecule has 6 rings (SSSR count). The first-order valence-corrected chi connectivity index (χ1v) is 10.0. The molecule has 4 unspecified atom stereocenters.